The monoisotopic (exact) mass is 402 g/mol. The Kier molecular flexibility index (Phi) is 10.7. The minimum absolute atomic E-state index is 0. The maximum Gasteiger partial charge on any atom is 0.422 e. The summed E-state index contributed by atoms with van der Waals surface area (Å²) in [5.41, 5.74) is 6.41. The zero-order valence-corrected chi connectivity index (χ0v) is 15.5. The third-order valence-electron chi connectivity index (χ3n) is 3.06. The minimum atomic E-state index is -4.43. The first-order chi connectivity index (χ1) is 11.3. The number of hydrogen-bond acceptors (Lipinski definition) is 5. The second kappa shape index (κ2) is 11.3. The van der Waals surface area contributed by atoms with Crippen LogP contribution in [0.3, 0.4) is 0 Å². The van der Waals surface area contributed by atoms with Gasteiger partial charge in [0.2, 0.25) is 5.91 Å². The molecule has 0 radical (unpaired) electrons. The van der Waals surface area contributed by atoms with Crippen LogP contribution in [0.2, 0.25) is 0 Å². The van der Waals surface area contributed by atoms with Gasteiger partial charge in [-0.25, -0.2) is 0 Å². The number of rotatable bonds is 9. The van der Waals surface area contributed by atoms with E-state index in [1.165, 1.54) is 19.2 Å². The van der Waals surface area contributed by atoms with Crippen LogP contribution in [0.25, 0.3) is 0 Å². The van der Waals surface area contributed by atoms with Crippen molar-refractivity contribution in [3.8, 4) is 11.5 Å². The number of carbonyl (C=O) groups excluding carboxylic acids is 1. The number of alkyl halides is 3. The molecule has 25 heavy (non-hydrogen) atoms. The second-order valence-electron chi connectivity index (χ2n) is 4.99. The lowest BCUT2D eigenvalue weighted by Gasteiger charge is -2.15. The van der Waals surface area contributed by atoms with Crippen molar-refractivity contribution in [3.05, 3.63) is 23.8 Å². The molecule has 144 valence electrons. The van der Waals surface area contributed by atoms with E-state index in [9.17, 15) is 18.0 Å². The fourth-order valence-corrected chi connectivity index (χ4v) is 2.29. The number of benzene rings is 1. The molecular formula is C15H22ClF3N2O3S. The van der Waals surface area contributed by atoms with Crippen LogP contribution in [0.15, 0.2) is 18.2 Å². The molecule has 3 N–H and O–H groups in total. The Morgan fingerprint density at radius 2 is 2.04 bits per heavy atom. The van der Waals surface area contributed by atoms with Crippen LogP contribution >= 0.6 is 24.2 Å². The summed E-state index contributed by atoms with van der Waals surface area (Å²) in [5, 5.41) is 2.69. The maximum absolute atomic E-state index is 12.2. The van der Waals surface area contributed by atoms with E-state index in [0.29, 0.717) is 12.0 Å². The number of amides is 1. The van der Waals surface area contributed by atoms with Crippen molar-refractivity contribution in [2.45, 2.75) is 25.2 Å². The van der Waals surface area contributed by atoms with Gasteiger partial charge in [0.25, 0.3) is 0 Å². The fraction of sp³-hybridized carbons (Fsp3) is 0.533. The summed E-state index contributed by atoms with van der Waals surface area (Å²) < 4.78 is 46.3. The molecule has 0 unspecified atom stereocenters. The summed E-state index contributed by atoms with van der Waals surface area (Å²) >= 11 is 1.60. The molecule has 1 aromatic carbocycles. The normalized spacial score (nSPS) is 12.1. The van der Waals surface area contributed by atoms with Crippen LogP contribution in [-0.2, 0) is 11.3 Å². The van der Waals surface area contributed by atoms with E-state index in [4.69, 9.17) is 15.2 Å². The van der Waals surface area contributed by atoms with Gasteiger partial charge in [-0.15, -0.1) is 12.4 Å². The number of carbonyl (C=O) groups is 1. The number of thioether (sulfide) groups is 1. The molecule has 0 heterocycles. The molecule has 0 bridgehead atoms. The summed E-state index contributed by atoms with van der Waals surface area (Å²) in [6.07, 6.45) is -1.93. The van der Waals surface area contributed by atoms with Crippen LogP contribution in [0.5, 0.6) is 11.5 Å². The summed E-state index contributed by atoms with van der Waals surface area (Å²) in [6, 6.07) is 3.86. The van der Waals surface area contributed by atoms with Crippen molar-refractivity contribution in [2.75, 3.05) is 25.7 Å². The third-order valence-corrected chi connectivity index (χ3v) is 3.70. The van der Waals surface area contributed by atoms with Gasteiger partial charge in [0.15, 0.2) is 18.1 Å². The predicted octanol–water partition coefficient (Wildman–Crippen LogP) is 2.75. The molecule has 1 amide bonds. The second-order valence-corrected chi connectivity index (χ2v) is 5.98. The molecule has 0 aromatic heterocycles. The van der Waals surface area contributed by atoms with Gasteiger partial charge in [0, 0.05) is 6.54 Å². The molecule has 0 fully saturated rings. The smallest absolute Gasteiger partial charge is 0.422 e. The predicted molar refractivity (Wildman–Crippen MR) is 94.6 cm³/mol. The summed E-state index contributed by atoms with van der Waals surface area (Å²) in [7, 11) is 1.33. The van der Waals surface area contributed by atoms with E-state index in [1.54, 1.807) is 17.8 Å². The summed E-state index contributed by atoms with van der Waals surface area (Å²) in [6.45, 7) is -1.20. The summed E-state index contributed by atoms with van der Waals surface area (Å²) in [5.74, 6) is 0.660. The topological polar surface area (TPSA) is 73.6 Å². The Morgan fingerprint density at radius 3 is 2.60 bits per heavy atom. The molecule has 0 spiro atoms. The van der Waals surface area contributed by atoms with Gasteiger partial charge in [0.05, 0.1) is 13.2 Å². The molecule has 0 aliphatic rings. The number of nitrogens with one attached hydrogen (secondary N) is 1. The average molecular weight is 403 g/mol. The fourth-order valence-electron chi connectivity index (χ4n) is 1.80. The maximum atomic E-state index is 12.2. The Balaban J connectivity index is 0.00000576. The lowest BCUT2D eigenvalue weighted by molar-refractivity contribution is -0.153. The number of methoxy groups -OCH3 is 1. The van der Waals surface area contributed by atoms with Gasteiger partial charge < -0.3 is 20.5 Å². The van der Waals surface area contributed by atoms with Crippen molar-refractivity contribution >= 4 is 30.1 Å². The molecule has 5 nitrogen and oxygen atoms in total. The van der Waals surface area contributed by atoms with Crippen molar-refractivity contribution in [1.82, 2.24) is 5.32 Å². The van der Waals surface area contributed by atoms with Crippen molar-refractivity contribution < 1.29 is 27.4 Å². The molecule has 0 aliphatic carbocycles. The molecule has 1 atom stereocenters. The molecule has 1 aromatic rings. The largest absolute Gasteiger partial charge is 0.493 e. The van der Waals surface area contributed by atoms with E-state index in [0.717, 1.165) is 5.75 Å². The van der Waals surface area contributed by atoms with Crippen LogP contribution in [0, 0.1) is 0 Å². The zero-order valence-electron chi connectivity index (χ0n) is 13.9. The Labute approximate surface area is 155 Å². The first-order valence-electron chi connectivity index (χ1n) is 7.15. The van der Waals surface area contributed by atoms with E-state index >= 15 is 0 Å². The van der Waals surface area contributed by atoms with E-state index < -0.39 is 18.8 Å². The van der Waals surface area contributed by atoms with Gasteiger partial charge in [-0.05, 0) is 36.1 Å². The van der Waals surface area contributed by atoms with Crippen molar-refractivity contribution in [2.24, 2.45) is 5.73 Å². The quantitative estimate of drug-likeness (QED) is 0.664. The number of nitrogens with two attached hydrogens (primary N) is 1. The standard InChI is InChI=1S/C15H21F3N2O3S.ClH/c1-22-13-7-10(3-4-12(13)23-9-15(16,17)18)8-20-14(21)11(19)5-6-24-2;/h3-4,7,11H,5-6,8-9,19H2,1-2H3,(H,20,21);1H/t11-;/m0./s1. The van der Waals surface area contributed by atoms with E-state index in [1.807, 2.05) is 6.26 Å². The zero-order chi connectivity index (χ0) is 18.2. The SMILES string of the molecule is COc1cc(CNC(=O)[C@@H](N)CCSC)ccc1OCC(F)(F)F.Cl. The highest BCUT2D eigenvalue weighted by Gasteiger charge is 2.29. The number of ether oxygens (including phenoxy) is 2. The van der Waals surface area contributed by atoms with Gasteiger partial charge in [0.1, 0.15) is 0 Å². The lowest BCUT2D eigenvalue weighted by atomic mass is 10.2. The first-order valence-corrected chi connectivity index (χ1v) is 8.55. The molecule has 10 heteroatoms. The molecule has 0 saturated heterocycles. The highest BCUT2D eigenvalue weighted by Crippen LogP contribution is 2.29. The number of halogens is 4. The van der Waals surface area contributed by atoms with E-state index in [2.05, 4.69) is 5.32 Å². The lowest BCUT2D eigenvalue weighted by Crippen LogP contribution is -2.40. The van der Waals surface area contributed by atoms with Gasteiger partial charge >= 0.3 is 6.18 Å². The van der Waals surface area contributed by atoms with Crippen LogP contribution in [-0.4, -0.2) is 43.9 Å². The van der Waals surface area contributed by atoms with E-state index in [-0.39, 0.29) is 36.4 Å². The average Bonchev–Trinajstić information content (AvgIpc) is 2.54. The summed E-state index contributed by atoms with van der Waals surface area (Å²) in [4.78, 5) is 11.8. The van der Waals surface area contributed by atoms with Gasteiger partial charge in [-0.2, -0.15) is 24.9 Å². The number of hydrogen-bond donors (Lipinski definition) is 2. The first kappa shape index (κ1) is 23.7. The Hall–Kier alpha value is -1.32. The minimum Gasteiger partial charge on any atom is -0.493 e. The highest BCUT2D eigenvalue weighted by atomic mass is 35.5. The molecular weight excluding hydrogens is 381 g/mol. The van der Waals surface area contributed by atoms with Crippen LogP contribution < -0.4 is 20.5 Å². The van der Waals surface area contributed by atoms with Gasteiger partial charge in [-0.3, -0.25) is 4.79 Å². The Bertz CT molecular complexity index is 547. The molecule has 0 aliphatic heterocycles. The van der Waals surface area contributed by atoms with Crippen LogP contribution in [0.4, 0.5) is 13.2 Å². The van der Waals surface area contributed by atoms with Gasteiger partial charge in [-0.1, -0.05) is 6.07 Å². The molecule has 1 rings (SSSR count). The molecule has 0 saturated carbocycles. The third kappa shape index (κ3) is 9.08. The highest BCUT2D eigenvalue weighted by molar-refractivity contribution is 7.98. The van der Waals surface area contributed by atoms with Crippen molar-refractivity contribution in [3.63, 3.8) is 0 Å². The Morgan fingerprint density at radius 1 is 1.36 bits per heavy atom. The van der Waals surface area contributed by atoms with Crippen molar-refractivity contribution in [1.29, 1.82) is 0 Å². The van der Waals surface area contributed by atoms with Crippen LogP contribution in [0.1, 0.15) is 12.0 Å².